The average molecular weight is 262 g/mol. The molecule has 0 saturated heterocycles. The van der Waals surface area contributed by atoms with Gasteiger partial charge in [0.2, 0.25) is 0 Å². The third kappa shape index (κ3) is 2.78. The first-order valence-electron chi connectivity index (χ1n) is 6.41. The van der Waals surface area contributed by atoms with Crippen LogP contribution >= 0.6 is 0 Å². The highest BCUT2D eigenvalue weighted by atomic mass is 16.5. The number of pyridine rings is 1. The summed E-state index contributed by atoms with van der Waals surface area (Å²) in [5, 5.41) is 3.32. The number of hydrogen-bond donors (Lipinski definition) is 1. The number of anilines is 2. The Bertz CT molecular complexity index is 569. The van der Waals surface area contributed by atoms with Crippen molar-refractivity contribution in [2.24, 2.45) is 0 Å². The monoisotopic (exact) mass is 262 g/mol. The van der Waals surface area contributed by atoms with E-state index in [0.29, 0.717) is 0 Å². The number of hydrogen-bond acceptors (Lipinski definition) is 3. The minimum Gasteiger partial charge on any atom is -0.453 e. The fourth-order valence-corrected chi connectivity index (χ4v) is 1.89. The van der Waals surface area contributed by atoms with Crippen molar-refractivity contribution in [3.63, 3.8) is 0 Å². The molecular formula is C17H14N2O. The summed E-state index contributed by atoms with van der Waals surface area (Å²) >= 11 is 0. The Morgan fingerprint density at radius 2 is 1.20 bits per heavy atom. The van der Waals surface area contributed by atoms with Gasteiger partial charge < -0.3 is 10.1 Å². The number of rotatable bonds is 0. The van der Waals surface area contributed by atoms with Crippen molar-refractivity contribution < 1.29 is 4.74 Å². The average Bonchev–Trinajstić information content (AvgIpc) is 2.55. The van der Waals surface area contributed by atoms with Gasteiger partial charge in [0.1, 0.15) is 0 Å². The summed E-state index contributed by atoms with van der Waals surface area (Å²) in [6, 6.07) is 21.6. The van der Waals surface area contributed by atoms with Crippen LogP contribution in [0.2, 0.25) is 0 Å². The van der Waals surface area contributed by atoms with E-state index < -0.39 is 0 Å². The molecule has 1 aromatic heterocycles. The molecule has 0 atom stereocenters. The van der Waals surface area contributed by atoms with E-state index in [9.17, 15) is 0 Å². The lowest BCUT2D eigenvalue weighted by Crippen LogP contribution is -2.01. The van der Waals surface area contributed by atoms with Gasteiger partial charge in [0.05, 0.1) is 11.4 Å². The van der Waals surface area contributed by atoms with E-state index >= 15 is 0 Å². The van der Waals surface area contributed by atoms with Crippen LogP contribution in [-0.4, -0.2) is 4.98 Å². The summed E-state index contributed by atoms with van der Waals surface area (Å²) in [4.78, 5) is 3.78. The standard InChI is InChI=1S/C12H9NO.C5H5N/c1-3-7-11-9(5-1)13-10-6-2-4-8-12(10)14-11;1-2-4-6-5-3-1/h1-8,13H;1-5H. The number of aromatic nitrogens is 1. The molecule has 0 amide bonds. The maximum absolute atomic E-state index is 5.71. The van der Waals surface area contributed by atoms with E-state index in [0.717, 1.165) is 22.9 Å². The first-order valence-corrected chi connectivity index (χ1v) is 6.41. The highest BCUT2D eigenvalue weighted by molar-refractivity contribution is 5.75. The molecular weight excluding hydrogens is 248 g/mol. The van der Waals surface area contributed by atoms with Crippen LogP contribution in [0, 0.1) is 0 Å². The van der Waals surface area contributed by atoms with Gasteiger partial charge in [-0.2, -0.15) is 0 Å². The van der Waals surface area contributed by atoms with Gasteiger partial charge in [-0.25, -0.2) is 0 Å². The van der Waals surface area contributed by atoms with E-state index in [1.54, 1.807) is 12.4 Å². The Morgan fingerprint density at radius 1 is 0.650 bits per heavy atom. The predicted octanol–water partition coefficient (Wildman–Crippen LogP) is 4.62. The Hall–Kier alpha value is -2.81. The second-order valence-electron chi connectivity index (χ2n) is 4.24. The molecule has 3 aromatic rings. The van der Waals surface area contributed by atoms with Gasteiger partial charge in [0.15, 0.2) is 11.5 Å². The van der Waals surface area contributed by atoms with Crippen molar-refractivity contribution in [2.75, 3.05) is 5.32 Å². The summed E-state index contributed by atoms with van der Waals surface area (Å²) in [5.74, 6) is 1.76. The Morgan fingerprint density at radius 3 is 1.65 bits per heavy atom. The maximum Gasteiger partial charge on any atom is 0.150 e. The number of para-hydroxylation sites is 4. The molecule has 98 valence electrons. The number of fused-ring (bicyclic) bond motifs is 2. The predicted molar refractivity (Wildman–Crippen MR) is 80.5 cm³/mol. The lowest BCUT2D eigenvalue weighted by atomic mass is 10.2. The molecule has 0 spiro atoms. The molecule has 2 aromatic carbocycles. The van der Waals surface area contributed by atoms with Crippen LogP contribution < -0.4 is 10.1 Å². The molecule has 0 aliphatic carbocycles. The van der Waals surface area contributed by atoms with Gasteiger partial charge in [-0.1, -0.05) is 30.3 Å². The summed E-state index contributed by atoms with van der Waals surface area (Å²) in [6.07, 6.45) is 3.50. The first kappa shape index (κ1) is 12.2. The highest BCUT2D eigenvalue weighted by Crippen LogP contribution is 2.40. The summed E-state index contributed by atoms with van der Waals surface area (Å²) < 4.78 is 5.71. The zero-order valence-corrected chi connectivity index (χ0v) is 10.9. The number of nitrogens with zero attached hydrogens (tertiary/aromatic N) is 1. The normalized spacial score (nSPS) is 10.8. The van der Waals surface area contributed by atoms with Crippen LogP contribution in [0.4, 0.5) is 11.4 Å². The fourth-order valence-electron chi connectivity index (χ4n) is 1.89. The van der Waals surface area contributed by atoms with E-state index in [2.05, 4.69) is 10.3 Å². The van der Waals surface area contributed by atoms with Crippen LogP contribution in [0.25, 0.3) is 0 Å². The van der Waals surface area contributed by atoms with E-state index in [4.69, 9.17) is 4.74 Å². The van der Waals surface area contributed by atoms with Crippen LogP contribution in [0.15, 0.2) is 79.1 Å². The van der Waals surface area contributed by atoms with Crippen LogP contribution in [0.3, 0.4) is 0 Å². The van der Waals surface area contributed by atoms with Crippen molar-refractivity contribution >= 4 is 11.4 Å². The van der Waals surface area contributed by atoms with Gasteiger partial charge in [0, 0.05) is 12.4 Å². The molecule has 0 radical (unpaired) electrons. The van der Waals surface area contributed by atoms with Gasteiger partial charge in [-0.15, -0.1) is 0 Å². The zero-order chi connectivity index (χ0) is 13.6. The lowest BCUT2D eigenvalue weighted by Gasteiger charge is -2.20. The molecule has 3 nitrogen and oxygen atoms in total. The fraction of sp³-hybridized carbons (Fsp3) is 0. The SMILES string of the molecule is c1ccc2c(c1)Nc1ccccc1O2.c1ccncc1. The Balaban J connectivity index is 0.000000170. The van der Waals surface area contributed by atoms with E-state index in [1.807, 2.05) is 66.7 Å². The highest BCUT2D eigenvalue weighted by Gasteiger charge is 2.13. The van der Waals surface area contributed by atoms with Crippen molar-refractivity contribution in [1.82, 2.24) is 4.98 Å². The molecule has 20 heavy (non-hydrogen) atoms. The van der Waals surface area contributed by atoms with Crippen molar-refractivity contribution in [3.8, 4) is 11.5 Å². The first-order chi connectivity index (χ1) is 9.93. The van der Waals surface area contributed by atoms with E-state index in [-0.39, 0.29) is 0 Å². The van der Waals surface area contributed by atoms with E-state index in [1.165, 1.54) is 0 Å². The Labute approximate surface area is 117 Å². The second-order valence-corrected chi connectivity index (χ2v) is 4.24. The summed E-state index contributed by atoms with van der Waals surface area (Å²) in [6.45, 7) is 0. The van der Waals surface area contributed by atoms with Crippen molar-refractivity contribution in [1.29, 1.82) is 0 Å². The molecule has 0 saturated carbocycles. The molecule has 0 unspecified atom stereocenters. The largest absolute Gasteiger partial charge is 0.453 e. The third-order valence-corrected chi connectivity index (χ3v) is 2.83. The molecule has 4 rings (SSSR count). The second kappa shape index (κ2) is 5.89. The van der Waals surface area contributed by atoms with Crippen LogP contribution in [0.1, 0.15) is 0 Å². The zero-order valence-electron chi connectivity index (χ0n) is 10.9. The number of nitrogens with one attached hydrogen (secondary N) is 1. The minimum absolute atomic E-state index is 0.881. The molecule has 0 bridgehead atoms. The van der Waals surface area contributed by atoms with Gasteiger partial charge in [0.25, 0.3) is 0 Å². The quantitative estimate of drug-likeness (QED) is 0.502. The summed E-state index contributed by atoms with van der Waals surface area (Å²) in [7, 11) is 0. The van der Waals surface area contributed by atoms with Crippen LogP contribution in [0.5, 0.6) is 11.5 Å². The maximum atomic E-state index is 5.71. The molecule has 0 fully saturated rings. The molecule has 1 aliphatic heterocycles. The Kier molecular flexibility index (Phi) is 3.60. The lowest BCUT2D eigenvalue weighted by molar-refractivity contribution is 0.481. The number of ether oxygens (including phenoxy) is 1. The minimum atomic E-state index is 0.881. The van der Waals surface area contributed by atoms with Crippen LogP contribution in [-0.2, 0) is 0 Å². The number of benzene rings is 2. The molecule has 3 heteroatoms. The van der Waals surface area contributed by atoms with Crippen molar-refractivity contribution in [2.45, 2.75) is 0 Å². The van der Waals surface area contributed by atoms with Gasteiger partial charge >= 0.3 is 0 Å². The third-order valence-electron chi connectivity index (χ3n) is 2.83. The topological polar surface area (TPSA) is 34.1 Å². The van der Waals surface area contributed by atoms with Gasteiger partial charge in [-0.3, -0.25) is 4.98 Å². The molecule has 1 N–H and O–H groups in total. The molecule has 1 aliphatic rings. The summed E-state index contributed by atoms with van der Waals surface area (Å²) in [5.41, 5.74) is 2.04. The smallest absolute Gasteiger partial charge is 0.150 e. The van der Waals surface area contributed by atoms with Crippen molar-refractivity contribution in [3.05, 3.63) is 79.1 Å². The molecule has 2 heterocycles. The van der Waals surface area contributed by atoms with Gasteiger partial charge in [-0.05, 0) is 36.4 Å².